The van der Waals surface area contributed by atoms with Gasteiger partial charge in [-0.05, 0) is 31.4 Å². The van der Waals surface area contributed by atoms with Crippen LogP contribution in [-0.2, 0) is 6.54 Å². The molecule has 1 aliphatic rings. The molecule has 3 atom stereocenters. The zero-order valence-corrected chi connectivity index (χ0v) is 10.3. The highest BCUT2D eigenvalue weighted by Crippen LogP contribution is 2.22. The summed E-state index contributed by atoms with van der Waals surface area (Å²) in [6, 6.07) is 11.5. The third kappa shape index (κ3) is 2.45. The van der Waals surface area contributed by atoms with Crippen LogP contribution in [-0.4, -0.2) is 23.5 Å². The van der Waals surface area contributed by atoms with Crippen molar-refractivity contribution in [1.82, 2.24) is 4.90 Å². The molecular formula is C14H22N2. The van der Waals surface area contributed by atoms with Gasteiger partial charge in [0.05, 0.1) is 0 Å². The molecule has 16 heavy (non-hydrogen) atoms. The molecule has 0 spiro atoms. The van der Waals surface area contributed by atoms with Crippen molar-refractivity contribution in [3.8, 4) is 0 Å². The van der Waals surface area contributed by atoms with Crippen LogP contribution in [0.2, 0.25) is 0 Å². The van der Waals surface area contributed by atoms with Crippen LogP contribution in [0.3, 0.4) is 0 Å². The van der Waals surface area contributed by atoms with Gasteiger partial charge in [0.2, 0.25) is 0 Å². The van der Waals surface area contributed by atoms with Crippen LogP contribution >= 0.6 is 0 Å². The summed E-state index contributed by atoms with van der Waals surface area (Å²) in [6.07, 6.45) is 1.22. The maximum atomic E-state index is 6.22. The molecule has 2 heteroatoms. The zero-order valence-electron chi connectivity index (χ0n) is 10.3. The number of benzene rings is 1. The Morgan fingerprint density at radius 2 is 1.94 bits per heavy atom. The predicted molar refractivity (Wildman–Crippen MR) is 68.1 cm³/mol. The highest BCUT2D eigenvalue weighted by atomic mass is 15.2. The maximum Gasteiger partial charge on any atom is 0.0237 e. The SMILES string of the molecule is C[C@@H]1CCN(Cc2ccccc2)[C@H](C)[C@@H]1N. The maximum absolute atomic E-state index is 6.22. The summed E-state index contributed by atoms with van der Waals surface area (Å²) < 4.78 is 0. The van der Waals surface area contributed by atoms with Gasteiger partial charge < -0.3 is 5.73 Å². The van der Waals surface area contributed by atoms with Crippen molar-refractivity contribution in [1.29, 1.82) is 0 Å². The van der Waals surface area contributed by atoms with Gasteiger partial charge >= 0.3 is 0 Å². The summed E-state index contributed by atoms with van der Waals surface area (Å²) in [5.41, 5.74) is 7.61. The van der Waals surface area contributed by atoms with Gasteiger partial charge in [0.15, 0.2) is 0 Å². The summed E-state index contributed by atoms with van der Waals surface area (Å²) in [5.74, 6) is 0.655. The van der Waals surface area contributed by atoms with Crippen LogP contribution < -0.4 is 5.73 Å². The van der Waals surface area contributed by atoms with E-state index in [4.69, 9.17) is 5.73 Å². The van der Waals surface area contributed by atoms with Gasteiger partial charge in [0, 0.05) is 18.6 Å². The van der Waals surface area contributed by atoms with E-state index in [1.165, 1.54) is 18.5 Å². The number of hydrogen-bond acceptors (Lipinski definition) is 2. The van der Waals surface area contributed by atoms with E-state index in [2.05, 4.69) is 49.1 Å². The van der Waals surface area contributed by atoms with Crippen LogP contribution in [0.4, 0.5) is 0 Å². The Balaban J connectivity index is 2.00. The fraction of sp³-hybridized carbons (Fsp3) is 0.571. The van der Waals surface area contributed by atoms with E-state index >= 15 is 0 Å². The van der Waals surface area contributed by atoms with E-state index in [9.17, 15) is 0 Å². The average molecular weight is 218 g/mol. The number of hydrogen-bond donors (Lipinski definition) is 1. The lowest BCUT2D eigenvalue weighted by Gasteiger charge is -2.41. The molecule has 0 bridgehead atoms. The van der Waals surface area contributed by atoms with Crippen LogP contribution in [0.1, 0.15) is 25.8 Å². The number of rotatable bonds is 2. The van der Waals surface area contributed by atoms with Gasteiger partial charge in [0.25, 0.3) is 0 Å². The molecule has 88 valence electrons. The Hall–Kier alpha value is -0.860. The number of nitrogens with two attached hydrogens (primary N) is 1. The smallest absolute Gasteiger partial charge is 0.0237 e. The summed E-state index contributed by atoms with van der Waals surface area (Å²) in [7, 11) is 0. The molecule has 1 aliphatic heterocycles. The average Bonchev–Trinajstić information content (AvgIpc) is 2.31. The highest BCUT2D eigenvalue weighted by molar-refractivity contribution is 5.14. The molecule has 0 saturated carbocycles. The third-order valence-corrected chi connectivity index (χ3v) is 3.89. The fourth-order valence-electron chi connectivity index (χ4n) is 2.53. The first-order valence-corrected chi connectivity index (χ1v) is 6.22. The second-order valence-corrected chi connectivity index (χ2v) is 5.04. The highest BCUT2D eigenvalue weighted by Gasteiger charge is 2.29. The van der Waals surface area contributed by atoms with Crippen molar-refractivity contribution in [2.75, 3.05) is 6.54 Å². The van der Waals surface area contributed by atoms with Gasteiger partial charge in [-0.15, -0.1) is 0 Å². The Morgan fingerprint density at radius 3 is 2.62 bits per heavy atom. The number of likely N-dealkylation sites (tertiary alicyclic amines) is 1. The summed E-state index contributed by atoms with van der Waals surface area (Å²) in [6.45, 7) is 6.72. The lowest BCUT2D eigenvalue weighted by Crippen LogP contribution is -2.53. The zero-order chi connectivity index (χ0) is 11.5. The summed E-state index contributed by atoms with van der Waals surface area (Å²) in [5, 5.41) is 0. The minimum Gasteiger partial charge on any atom is -0.326 e. The van der Waals surface area contributed by atoms with Crippen LogP contribution in [0, 0.1) is 5.92 Å². The van der Waals surface area contributed by atoms with Gasteiger partial charge in [-0.2, -0.15) is 0 Å². The van der Waals surface area contributed by atoms with Crippen molar-refractivity contribution in [2.45, 2.75) is 38.9 Å². The Bertz CT molecular complexity index is 323. The number of piperidine rings is 1. The molecule has 2 rings (SSSR count). The first-order valence-electron chi connectivity index (χ1n) is 6.22. The summed E-state index contributed by atoms with van der Waals surface area (Å²) in [4.78, 5) is 2.50. The van der Waals surface area contributed by atoms with E-state index in [0.717, 1.165) is 6.54 Å². The standard InChI is InChI=1S/C14H22N2/c1-11-8-9-16(12(2)14(11)15)10-13-6-4-3-5-7-13/h3-7,11-12,14H,8-10,15H2,1-2H3/t11-,12-,14-/m1/s1. The Labute approximate surface area is 98.4 Å². The molecule has 2 nitrogen and oxygen atoms in total. The van der Waals surface area contributed by atoms with Gasteiger partial charge in [-0.25, -0.2) is 0 Å². The monoisotopic (exact) mass is 218 g/mol. The van der Waals surface area contributed by atoms with Crippen molar-refractivity contribution in [3.05, 3.63) is 35.9 Å². The molecule has 0 aromatic heterocycles. The molecule has 0 radical (unpaired) electrons. The van der Waals surface area contributed by atoms with Crippen molar-refractivity contribution >= 4 is 0 Å². The fourth-order valence-corrected chi connectivity index (χ4v) is 2.53. The molecular weight excluding hydrogens is 196 g/mol. The Kier molecular flexibility index (Phi) is 3.62. The predicted octanol–water partition coefficient (Wildman–Crippen LogP) is 2.24. The normalized spacial score (nSPS) is 31.6. The van der Waals surface area contributed by atoms with E-state index in [1.807, 2.05) is 0 Å². The first kappa shape index (κ1) is 11.6. The lowest BCUT2D eigenvalue weighted by molar-refractivity contribution is 0.0995. The molecule has 1 aromatic rings. The molecule has 0 aliphatic carbocycles. The van der Waals surface area contributed by atoms with Gasteiger partial charge in [0.1, 0.15) is 0 Å². The van der Waals surface area contributed by atoms with Crippen LogP contribution in [0.25, 0.3) is 0 Å². The van der Waals surface area contributed by atoms with Crippen molar-refractivity contribution < 1.29 is 0 Å². The molecule has 0 unspecified atom stereocenters. The lowest BCUT2D eigenvalue weighted by atomic mass is 9.88. The van der Waals surface area contributed by atoms with E-state index in [-0.39, 0.29) is 0 Å². The van der Waals surface area contributed by atoms with Gasteiger partial charge in [-0.1, -0.05) is 37.3 Å². The molecule has 0 amide bonds. The third-order valence-electron chi connectivity index (χ3n) is 3.89. The minimum atomic E-state index is 0.317. The van der Waals surface area contributed by atoms with E-state index in [1.54, 1.807) is 0 Å². The molecule has 1 saturated heterocycles. The first-order chi connectivity index (χ1) is 7.68. The molecule has 1 fully saturated rings. The topological polar surface area (TPSA) is 29.3 Å². The second kappa shape index (κ2) is 4.98. The second-order valence-electron chi connectivity index (χ2n) is 5.04. The number of nitrogens with zero attached hydrogens (tertiary/aromatic N) is 1. The Morgan fingerprint density at radius 1 is 1.25 bits per heavy atom. The van der Waals surface area contributed by atoms with Gasteiger partial charge in [-0.3, -0.25) is 4.90 Å². The largest absolute Gasteiger partial charge is 0.326 e. The van der Waals surface area contributed by atoms with E-state index in [0.29, 0.717) is 18.0 Å². The molecule has 1 aromatic carbocycles. The van der Waals surface area contributed by atoms with Crippen molar-refractivity contribution in [3.63, 3.8) is 0 Å². The van der Waals surface area contributed by atoms with Crippen LogP contribution in [0.15, 0.2) is 30.3 Å². The molecule has 2 N–H and O–H groups in total. The summed E-state index contributed by atoms with van der Waals surface area (Å²) >= 11 is 0. The van der Waals surface area contributed by atoms with Crippen molar-refractivity contribution in [2.24, 2.45) is 11.7 Å². The van der Waals surface area contributed by atoms with Crippen LogP contribution in [0.5, 0.6) is 0 Å². The quantitative estimate of drug-likeness (QED) is 0.825. The molecule has 1 heterocycles. The minimum absolute atomic E-state index is 0.317. The van der Waals surface area contributed by atoms with E-state index < -0.39 is 0 Å².